The molecule has 2 saturated heterocycles. The molecule has 0 saturated carbocycles. The van der Waals surface area contributed by atoms with Crippen LogP contribution in [0.1, 0.15) is 155 Å². The highest BCUT2D eigenvalue weighted by Crippen LogP contribution is 2.26. The van der Waals surface area contributed by atoms with Gasteiger partial charge in [-0.1, -0.05) is 134 Å². The molecule has 2 fully saturated rings. The molecule has 0 spiro atoms. The summed E-state index contributed by atoms with van der Waals surface area (Å²) in [5, 5.41) is 71.7. The molecule has 7 N–H and O–H groups in total. The standard InChI is InChI=1S/C47H84O14/c1-3-5-7-9-10-11-12-13-14-15-16-17-18-19-20-21-22-23-24-25-27-29-31-56-33-36(59-39(49)30-28-26-8-6-4-2)34-57-46-45(55)43(53)41(51)38(61-46)35-58-47-44(54)42(52)40(50)37(32-48)60-47/h12-13,15-16,18-19,36-38,40-48,50-55H,3-11,14,17,20-35H2,1-2H3/b13-12-,16-15-,19-18-. The first-order valence-electron chi connectivity index (χ1n) is 23.6. The van der Waals surface area contributed by atoms with Crippen LogP contribution >= 0.6 is 0 Å². The second kappa shape index (κ2) is 35.5. The van der Waals surface area contributed by atoms with E-state index in [2.05, 4.69) is 50.3 Å². The molecular weight excluding hydrogens is 789 g/mol. The fourth-order valence-corrected chi connectivity index (χ4v) is 7.23. The van der Waals surface area contributed by atoms with Gasteiger partial charge in [0.2, 0.25) is 0 Å². The van der Waals surface area contributed by atoms with Gasteiger partial charge in [0.25, 0.3) is 0 Å². The Bertz CT molecular complexity index is 1150. The Hall–Kier alpha value is -1.79. The zero-order valence-electron chi connectivity index (χ0n) is 37.4. The number of hydrogen-bond donors (Lipinski definition) is 7. The average Bonchev–Trinajstić information content (AvgIpc) is 3.25. The van der Waals surface area contributed by atoms with Crippen LogP contribution in [0.15, 0.2) is 36.5 Å². The van der Waals surface area contributed by atoms with Crippen LogP contribution in [0.25, 0.3) is 0 Å². The summed E-state index contributed by atoms with van der Waals surface area (Å²) in [6.07, 6.45) is 21.3. The molecule has 0 aliphatic carbocycles. The Morgan fingerprint density at radius 2 is 1.02 bits per heavy atom. The van der Waals surface area contributed by atoms with Crippen molar-refractivity contribution in [3.63, 3.8) is 0 Å². The minimum Gasteiger partial charge on any atom is -0.457 e. The van der Waals surface area contributed by atoms with Crippen LogP contribution in [-0.2, 0) is 33.2 Å². The lowest BCUT2D eigenvalue weighted by molar-refractivity contribution is -0.332. The van der Waals surface area contributed by atoms with E-state index in [4.69, 9.17) is 28.4 Å². The molecule has 61 heavy (non-hydrogen) atoms. The van der Waals surface area contributed by atoms with Crippen molar-refractivity contribution in [3.8, 4) is 0 Å². The molecule has 0 amide bonds. The number of hydrogen-bond acceptors (Lipinski definition) is 14. The van der Waals surface area contributed by atoms with Crippen LogP contribution in [0, 0.1) is 0 Å². The van der Waals surface area contributed by atoms with Crippen LogP contribution in [0.2, 0.25) is 0 Å². The van der Waals surface area contributed by atoms with E-state index < -0.39 is 86.7 Å². The normalized spacial score (nSPS) is 27.8. The number of carbonyl (C=O) groups is 1. The first kappa shape index (κ1) is 55.3. The number of carbonyl (C=O) groups excluding carboxylic acids is 1. The minimum atomic E-state index is -1.70. The second-order valence-corrected chi connectivity index (χ2v) is 16.6. The number of aliphatic hydroxyl groups excluding tert-OH is 7. The van der Waals surface area contributed by atoms with Crippen LogP contribution in [0.3, 0.4) is 0 Å². The smallest absolute Gasteiger partial charge is 0.306 e. The molecule has 0 radical (unpaired) electrons. The summed E-state index contributed by atoms with van der Waals surface area (Å²) in [5.74, 6) is -0.394. The summed E-state index contributed by atoms with van der Waals surface area (Å²) in [7, 11) is 0. The van der Waals surface area contributed by atoms with Gasteiger partial charge in [-0.25, -0.2) is 0 Å². The predicted octanol–water partition coefficient (Wildman–Crippen LogP) is 5.85. The van der Waals surface area contributed by atoms with Crippen molar-refractivity contribution in [1.29, 1.82) is 0 Å². The summed E-state index contributed by atoms with van der Waals surface area (Å²) in [5.41, 5.74) is 0. The van der Waals surface area contributed by atoms with Crippen molar-refractivity contribution in [2.75, 3.05) is 33.0 Å². The lowest BCUT2D eigenvalue weighted by atomic mass is 9.98. The van der Waals surface area contributed by atoms with E-state index in [1.165, 1.54) is 64.2 Å². The Balaban J connectivity index is 1.69. The molecule has 2 aliphatic heterocycles. The fourth-order valence-electron chi connectivity index (χ4n) is 7.23. The van der Waals surface area contributed by atoms with Crippen molar-refractivity contribution in [1.82, 2.24) is 0 Å². The molecule has 0 aromatic carbocycles. The van der Waals surface area contributed by atoms with Crippen LogP contribution in [0.5, 0.6) is 0 Å². The summed E-state index contributed by atoms with van der Waals surface area (Å²) in [6.45, 7) is 3.54. The summed E-state index contributed by atoms with van der Waals surface area (Å²) in [4.78, 5) is 12.7. The topological polar surface area (TPSA) is 214 Å². The lowest BCUT2D eigenvalue weighted by Gasteiger charge is -2.42. The maximum Gasteiger partial charge on any atom is 0.306 e. The third kappa shape index (κ3) is 24.2. The molecule has 2 aliphatic rings. The first-order valence-corrected chi connectivity index (χ1v) is 23.6. The van der Waals surface area contributed by atoms with Gasteiger partial charge in [0, 0.05) is 13.0 Å². The molecule has 11 atom stereocenters. The number of aliphatic hydroxyl groups is 7. The number of ether oxygens (including phenoxy) is 6. The minimum absolute atomic E-state index is 0.0544. The molecular formula is C47H84O14. The number of esters is 1. The second-order valence-electron chi connectivity index (χ2n) is 16.6. The zero-order valence-corrected chi connectivity index (χ0v) is 37.4. The highest BCUT2D eigenvalue weighted by molar-refractivity contribution is 5.69. The van der Waals surface area contributed by atoms with E-state index in [1.807, 2.05) is 0 Å². The molecule has 0 aromatic heterocycles. The van der Waals surface area contributed by atoms with Crippen LogP contribution in [-0.4, -0.2) is 142 Å². The van der Waals surface area contributed by atoms with E-state index in [1.54, 1.807) is 0 Å². The molecule has 2 rings (SSSR count). The summed E-state index contributed by atoms with van der Waals surface area (Å²) in [6, 6.07) is 0. The third-order valence-electron chi connectivity index (χ3n) is 11.2. The fraction of sp³-hybridized carbons (Fsp3) is 0.851. The van der Waals surface area contributed by atoms with E-state index in [9.17, 15) is 40.5 Å². The Morgan fingerprint density at radius 3 is 1.59 bits per heavy atom. The largest absolute Gasteiger partial charge is 0.457 e. The van der Waals surface area contributed by atoms with Gasteiger partial charge in [0.15, 0.2) is 12.6 Å². The lowest BCUT2D eigenvalue weighted by Crippen LogP contribution is -2.61. The summed E-state index contributed by atoms with van der Waals surface area (Å²) >= 11 is 0. The summed E-state index contributed by atoms with van der Waals surface area (Å²) < 4.78 is 34.0. The van der Waals surface area contributed by atoms with Gasteiger partial charge in [-0.15, -0.1) is 0 Å². The van der Waals surface area contributed by atoms with Crippen molar-refractivity contribution in [2.24, 2.45) is 0 Å². The first-order chi connectivity index (χ1) is 29.6. The maximum absolute atomic E-state index is 12.7. The molecule has 356 valence electrons. The Morgan fingerprint density at radius 1 is 0.541 bits per heavy atom. The van der Waals surface area contributed by atoms with Gasteiger partial charge in [0.1, 0.15) is 54.9 Å². The van der Waals surface area contributed by atoms with E-state index >= 15 is 0 Å². The Kier molecular flexibility index (Phi) is 32.2. The highest BCUT2D eigenvalue weighted by Gasteiger charge is 2.47. The van der Waals surface area contributed by atoms with Gasteiger partial charge in [-0.2, -0.15) is 0 Å². The van der Waals surface area contributed by atoms with Gasteiger partial charge < -0.3 is 64.2 Å². The van der Waals surface area contributed by atoms with E-state index in [-0.39, 0.29) is 19.6 Å². The van der Waals surface area contributed by atoms with Crippen molar-refractivity contribution >= 4 is 5.97 Å². The van der Waals surface area contributed by atoms with E-state index in [0.717, 1.165) is 64.2 Å². The monoisotopic (exact) mass is 873 g/mol. The number of unbranched alkanes of at least 4 members (excludes halogenated alkanes) is 16. The average molecular weight is 873 g/mol. The zero-order chi connectivity index (χ0) is 44.5. The van der Waals surface area contributed by atoms with Gasteiger partial charge >= 0.3 is 5.97 Å². The van der Waals surface area contributed by atoms with E-state index in [0.29, 0.717) is 13.0 Å². The van der Waals surface area contributed by atoms with Crippen molar-refractivity contribution < 1.29 is 69.0 Å². The van der Waals surface area contributed by atoms with Gasteiger partial charge in [0.05, 0.1) is 26.4 Å². The van der Waals surface area contributed by atoms with Gasteiger partial charge in [-0.3, -0.25) is 4.79 Å². The predicted molar refractivity (Wildman–Crippen MR) is 233 cm³/mol. The molecule has 14 heteroatoms. The Labute approximate surface area is 366 Å². The van der Waals surface area contributed by atoms with Crippen LogP contribution in [0.4, 0.5) is 0 Å². The van der Waals surface area contributed by atoms with Crippen molar-refractivity contribution in [3.05, 3.63) is 36.5 Å². The molecule has 2 heterocycles. The molecule has 14 nitrogen and oxygen atoms in total. The third-order valence-corrected chi connectivity index (χ3v) is 11.2. The maximum atomic E-state index is 12.7. The highest BCUT2D eigenvalue weighted by atomic mass is 16.7. The quantitative estimate of drug-likeness (QED) is 0.0224. The number of allylic oxidation sites excluding steroid dienone is 6. The SMILES string of the molecule is CCCCCCC/C=C\C/C=C\C/C=C\CCCCCCCCCOCC(COC1OC(COC2OC(CO)C(O)C(O)C2O)C(O)C(O)C1O)OC(=O)CCCCCCC. The van der Waals surface area contributed by atoms with Crippen molar-refractivity contribution in [2.45, 2.75) is 223 Å². The van der Waals surface area contributed by atoms with Gasteiger partial charge in [-0.05, 0) is 51.4 Å². The number of rotatable bonds is 36. The molecule has 11 unspecified atom stereocenters. The van der Waals surface area contributed by atoms with Crippen LogP contribution < -0.4 is 0 Å². The molecule has 0 bridgehead atoms. The molecule has 0 aromatic rings.